The predicted molar refractivity (Wildman–Crippen MR) is 51.3 cm³/mol. The summed E-state index contributed by atoms with van der Waals surface area (Å²) in [6, 6.07) is 0. The quantitative estimate of drug-likeness (QED) is 0.441. The highest BCUT2D eigenvalue weighted by Crippen LogP contribution is 2.04. The highest BCUT2D eigenvalue weighted by Gasteiger charge is 2.19. The number of nitrogens with zero attached hydrogens (tertiary/aromatic N) is 1. The van der Waals surface area contributed by atoms with Crippen molar-refractivity contribution in [1.29, 1.82) is 0 Å². The molecular weight excluding hydrogens is 170 g/mol. The first kappa shape index (κ1) is 12.8. The standard InChI is InChI=1S/C9H22NO3/c1-10(6-9-13,4-2-7-11)5-3-8-12/h11-13H,2-9H2,1H3/q+1. The maximum absolute atomic E-state index is 8.86. The van der Waals surface area contributed by atoms with Crippen molar-refractivity contribution in [3.8, 4) is 0 Å². The monoisotopic (exact) mass is 192 g/mol. The van der Waals surface area contributed by atoms with Crippen LogP contribution in [0.1, 0.15) is 12.8 Å². The van der Waals surface area contributed by atoms with Crippen LogP contribution in [0.3, 0.4) is 0 Å². The highest BCUT2D eigenvalue weighted by molar-refractivity contribution is 4.42. The zero-order chi connectivity index (χ0) is 10.2. The van der Waals surface area contributed by atoms with E-state index in [0.717, 1.165) is 30.4 Å². The molecule has 0 aromatic rings. The van der Waals surface area contributed by atoms with Gasteiger partial charge in [0.05, 0.1) is 26.7 Å². The molecule has 0 aromatic heterocycles. The summed E-state index contributed by atoms with van der Waals surface area (Å²) in [5.41, 5.74) is 0. The lowest BCUT2D eigenvalue weighted by Crippen LogP contribution is -2.48. The van der Waals surface area contributed by atoms with Gasteiger partial charge in [0.25, 0.3) is 0 Å². The second kappa shape index (κ2) is 7.26. The third-order valence-electron chi connectivity index (χ3n) is 2.35. The molecule has 4 heteroatoms. The summed E-state index contributed by atoms with van der Waals surface area (Å²) in [4.78, 5) is 0. The maximum atomic E-state index is 8.86. The first-order valence-electron chi connectivity index (χ1n) is 4.84. The van der Waals surface area contributed by atoms with Crippen LogP contribution in [0.4, 0.5) is 0 Å². The van der Waals surface area contributed by atoms with Crippen LogP contribution in [0.2, 0.25) is 0 Å². The third kappa shape index (κ3) is 5.99. The molecule has 80 valence electrons. The second-order valence-electron chi connectivity index (χ2n) is 3.67. The molecule has 0 amide bonds. The number of likely N-dealkylation sites (N-methyl/N-ethyl adjacent to an activating group) is 1. The van der Waals surface area contributed by atoms with E-state index in [1.807, 2.05) is 7.05 Å². The molecule has 0 bridgehead atoms. The lowest BCUT2D eigenvalue weighted by Gasteiger charge is -2.33. The Kier molecular flexibility index (Phi) is 7.17. The van der Waals surface area contributed by atoms with Gasteiger partial charge in [0.1, 0.15) is 6.54 Å². The maximum Gasteiger partial charge on any atom is 0.102 e. The van der Waals surface area contributed by atoms with Crippen LogP contribution < -0.4 is 0 Å². The fourth-order valence-electron chi connectivity index (χ4n) is 1.48. The van der Waals surface area contributed by atoms with Gasteiger partial charge in [-0.2, -0.15) is 0 Å². The molecule has 0 aliphatic rings. The fourth-order valence-corrected chi connectivity index (χ4v) is 1.48. The average Bonchev–Trinajstić information content (AvgIpc) is 2.12. The summed E-state index contributed by atoms with van der Waals surface area (Å²) in [6.07, 6.45) is 1.50. The number of hydrogen-bond donors (Lipinski definition) is 3. The first-order chi connectivity index (χ1) is 6.18. The van der Waals surface area contributed by atoms with E-state index in [9.17, 15) is 0 Å². The molecule has 0 atom stereocenters. The average molecular weight is 192 g/mol. The molecule has 0 aliphatic heterocycles. The molecule has 0 aromatic carbocycles. The molecule has 4 nitrogen and oxygen atoms in total. The minimum atomic E-state index is 0.160. The first-order valence-corrected chi connectivity index (χ1v) is 4.84. The van der Waals surface area contributed by atoms with Gasteiger partial charge >= 0.3 is 0 Å². The summed E-state index contributed by atoms with van der Waals surface area (Å²) in [6.45, 7) is 2.96. The van der Waals surface area contributed by atoms with Gasteiger partial charge in [0.2, 0.25) is 0 Å². The Morgan fingerprint density at radius 2 is 1.23 bits per heavy atom. The zero-order valence-corrected chi connectivity index (χ0v) is 8.45. The van der Waals surface area contributed by atoms with Gasteiger partial charge in [-0.3, -0.25) is 0 Å². The van der Waals surface area contributed by atoms with Crippen molar-refractivity contribution in [3.63, 3.8) is 0 Å². The Hall–Kier alpha value is -0.160. The number of rotatable bonds is 8. The van der Waals surface area contributed by atoms with Crippen molar-refractivity contribution in [2.75, 3.05) is 46.5 Å². The Bertz CT molecular complexity index is 111. The van der Waals surface area contributed by atoms with E-state index in [1.54, 1.807) is 0 Å². The normalized spacial score (nSPS) is 12.0. The zero-order valence-electron chi connectivity index (χ0n) is 8.45. The lowest BCUT2D eigenvalue weighted by atomic mass is 10.3. The second-order valence-corrected chi connectivity index (χ2v) is 3.67. The summed E-state index contributed by atoms with van der Waals surface area (Å²) in [5, 5.41) is 26.3. The fraction of sp³-hybridized carbons (Fsp3) is 1.00. The van der Waals surface area contributed by atoms with Crippen molar-refractivity contribution < 1.29 is 19.8 Å². The Labute approximate surface area is 80.0 Å². The van der Waals surface area contributed by atoms with Gasteiger partial charge < -0.3 is 19.8 Å². The molecule has 0 fully saturated rings. The Morgan fingerprint density at radius 1 is 0.769 bits per heavy atom. The minimum absolute atomic E-state index is 0.160. The van der Waals surface area contributed by atoms with Crippen LogP contribution in [0.5, 0.6) is 0 Å². The molecule has 0 saturated carbocycles. The van der Waals surface area contributed by atoms with Gasteiger partial charge in [0.15, 0.2) is 0 Å². The van der Waals surface area contributed by atoms with Crippen LogP contribution in [0.15, 0.2) is 0 Å². The summed E-state index contributed by atoms with van der Waals surface area (Å²) >= 11 is 0. The van der Waals surface area contributed by atoms with Crippen LogP contribution in [-0.4, -0.2) is 66.3 Å². The number of quaternary nitrogens is 1. The van der Waals surface area contributed by atoms with Gasteiger partial charge in [-0.25, -0.2) is 0 Å². The van der Waals surface area contributed by atoms with Crippen molar-refractivity contribution in [2.45, 2.75) is 12.8 Å². The van der Waals surface area contributed by atoms with Crippen LogP contribution >= 0.6 is 0 Å². The van der Waals surface area contributed by atoms with Crippen LogP contribution in [0.25, 0.3) is 0 Å². The van der Waals surface area contributed by atoms with Crippen LogP contribution in [-0.2, 0) is 0 Å². The number of aliphatic hydroxyl groups is 3. The SMILES string of the molecule is C[N+](CCO)(CCCO)CCCO. The van der Waals surface area contributed by atoms with E-state index in [1.165, 1.54) is 0 Å². The molecule has 3 N–H and O–H groups in total. The third-order valence-corrected chi connectivity index (χ3v) is 2.35. The van der Waals surface area contributed by atoms with Gasteiger partial charge in [-0.1, -0.05) is 0 Å². The number of hydrogen-bond acceptors (Lipinski definition) is 3. The summed E-state index contributed by atoms with van der Waals surface area (Å²) in [5.74, 6) is 0. The van der Waals surface area contributed by atoms with E-state index in [0.29, 0.717) is 6.54 Å². The van der Waals surface area contributed by atoms with Crippen molar-refractivity contribution in [3.05, 3.63) is 0 Å². The van der Waals surface area contributed by atoms with Gasteiger partial charge in [0, 0.05) is 26.1 Å². The van der Waals surface area contributed by atoms with Crippen molar-refractivity contribution in [1.82, 2.24) is 0 Å². The van der Waals surface area contributed by atoms with E-state index in [-0.39, 0.29) is 19.8 Å². The van der Waals surface area contributed by atoms with E-state index >= 15 is 0 Å². The van der Waals surface area contributed by atoms with Crippen molar-refractivity contribution in [2.24, 2.45) is 0 Å². The summed E-state index contributed by atoms with van der Waals surface area (Å²) in [7, 11) is 2.04. The molecule has 0 unspecified atom stereocenters. The Morgan fingerprint density at radius 3 is 1.54 bits per heavy atom. The molecule has 0 radical (unpaired) electrons. The molecule has 13 heavy (non-hydrogen) atoms. The lowest BCUT2D eigenvalue weighted by molar-refractivity contribution is -0.910. The molecule has 0 saturated heterocycles. The smallest absolute Gasteiger partial charge is 0.102 e. The van der Waals surface area contributed by atoms with Crippen LogP contribution in [0, 0.1) is 0 Å². The Balaban J connectivity index is 3.84. The topological polar surface area (TPSA) is 60.7 Å². The largest absolute Gasteiger partial charge is 0.396 e. The minimum Gasteiger partial charge on any atom is -0.396 e. The van der Waals surface area contributed by atoms with E-state index in [4.69, 9.17) is 15.3 Å². The van der Waals surface area contributed by atoms with Gasteiger partial charge in [-0.05, 0) is 0 Å². The molecular formula is C9H22NO3+. The molecule has 0 aliphatic carbocycles. The van der Waals surface area contributed by atoms with Gasteiger partial charge in [-0.15, -0.1) is 0 Å². The number of aliphatic hydroxyl groups excluding tert-OH is 3. The molecule has 0 rings (SSSR count). The van der Waals surface area contributed by atoms with Crippen molar-refractivity contribution >= 4 is 0 Å². The molecule has 0 heterocycles. The summed E-state index contributed by atoms with van der Waals surface area (Å²) < 4.78 is 0.734. The predicted octanol–water partition coefficient (Wildman–Crippen LogP) is -0.810. The molecule has 0 spiro atoms. The van der Waals surface area contributed by atoms with E-state index in [2.05, 4.69) is 0 Å². The highest BCUT2D eigenvalue weighted by atomic mass is 16.3. The van der Waals surface area contributed by atoms with E-state index < -0.39 is 0 Å².